The van der Waals surface area contributed by atoms with E-state index in [1.54, 1.807) is 17.4 Å². The Bertz CT molecular complexity index is 1100. The molecule has 2 aromatic carbocycles. The number of imidazole rings is 1. The zero-order valence-corrected chi connectivity index (χ0v) is 16.1. The zero-order chi connectivity index (χ0) is 19.5. The van der Waals surface area contributed by atoms with Crippen LogP contribution in [0.25, 0.3) is 21.7 Å². The predicted molar refractivity (Wildman–Crippen MR) is 113 cm³/mol. The van der Waals surface area contributed by atoms with Crippen LogP contribution in [0.1, 0.15) is 15.9 Å². The van der Waals surface area contributed by atoms with E-state index < -0.39 is 0 Å². The van der Waals surface area contributed by atoms with Crippen molar-refractivity contribution < 1.29 is 9.90 Å². The Morgan fingerprint density at radius 1 is 1.14 bits per heavy atom. The van der Waals surface area contributed by atoms with Crippen molar-refractivity contribution in [2.45, 2.75) is 6.92 Å². The minimum atomic E-state index is -0.222. The van der Waals surface area contributed by atoms with Crippen molar-refractivity contribution in [2.24, 2.45) is 0 Å². The van der Waals surface area contributed by atoms with E-state index in [0.29, 0.717) is 35.5 Å². The summed E-state index contributed by atoms with van der Waals surface area (Å²) in [4.78, 5) is 21.2. The maximum Gasteiger partial charge on any atom is 0.253 e. The Labute approximate surface area is 166 Å². The van der Waals surface area contributed by atoms with Crippen LogP contribution in [-0.2, 0) is 0 Å². The van der Waals surface area contributed by atoms with Crippen LogP contribution >= 0.6 is 11.3 Å². The Morgan fingerprint density at radius 3 is 2.71 bits per heavy atom. The second kappa shape index (κ2) is 7.74. The molecular weight excluding hydrogens is 372 g/mol. The van der Waals surface area contributed by atoms with Gasteiger partial charge in [-0.3, -0.25) is 4.79 Å². The summed E-state index contributed by atoms with van der Waals surface area (Å²) in [7, 11) is 0. The van der Waals surface area contributed by atoms with Gasteiger partial charge < -0.3 is 20.7 Å². The van der Waals surface area contributed by atoms with Crippen molar-refractivity contribution in [2.75, 3.05) is 18.4 Å². The number of benzene rings is 2. The van der Waals surface area contributed by atoms with Gasteiger partial charge in [-0.25, -0.2) is 4.98 Å². The van der Waals surface area contributed by atoms with E-state index in [9.17, 15) is 9.90 Å². The molecule has 28 heavy (non-hydrogen) atoms. The van der Waals surface area contributed by atoms with Crippen molar-refractivity contribution in [3.8, 4) is 16.5 Å². The second-order valence-corrected chi connectivity index (χ2v) is 7.41. The lowest BCUT2D eigenvalue weighted by Crippen LogP contribution is -2.28. The van der Waals surface area contributed by atoms with Crippen LogP contribution in [-0.4, -0.2) is 34.1 Å². The number of aromatic hydroxyl groups is 1. The van der Waals surface area contributed by atoms with E-state index >= 15 is 0 Å². The fourth-order valence-corrected chi connectivity index (χ4v) is 3.61. The van der Waals surface area contributed by atoms with E-state index in [4.69, 9.17) is 0 Å². The molecule has 4 aromatic rings. The SMILES string of the molecule is Cc1ccc(NCCNC(=O)c2ccc(O)c3[nH]c(-c4cccs4)nc23)cc1. The first-order chi connectivity index (χ1) is 13.6. The van der Waals surface area contributed by atoms with Gasteiger partial charge in [0.15, 0.2) is 0 Å². The van der Waals surface area contributed by atoms with Crippen molar-refractivity contribution >= 4 is 34.0 Å². The number of thiophene rings is 1. The van der Waals surface area contributed by atoms with Crippen molar-refractivity contribution in [3.05, 3.63) is 65.0 Å². The third-order valence-corrected chi connectivity index (χ3v) is 5.29. The number of nitrogens with one attached hydrogen (secondary N) is 3. The third kappa shape index (κ3) is 3.70. The number of aromatic nitrogens is 2. The number of phenols is 1. The molecule has 6 nitrogen and oxygen atoms in total. The number of aryl methyl sites for hydroxylation is 1. The fourth-order valence-electron chi connectivity index (χ4n) is 2.94. The number of aromatic amines is 1. The smallest absolute Gasteiger partial charge is 0.253 e. The molecule has 0 saturated carbocycles. The van der Waals surface area contributed by atoms with E-state index in [-0.39, 0.29) is 11.7 Å². The lowest BCUT2D eigenvalue weighted by atomic mass is 10.1. The molecule has 7 heteroatoms. The molecule has 2 aromatic heterocycles. The van der Waals surface area contributed by atoms with Gasteiger partial charge in [0, 0.05) is 18.8 Å². The van der Waals surface area contributed by atoms with Gasteiger partial charge in [0.1, 0.15) is 22.6 Å². The number of carbonyl (C=O) groups is 1. The van der Waals surface area contributed by atoms with E-state index in [1.807, 2.05) is 48.7 Å². The lowest BCUT2D eigenvalue weighted by Gasteiger charge is -2.09. The van der Waals surface area contributed by atoms with E-state index in [2.05, 4.69) is 20.6 Å². The molecule has 0 spiro atoms. The van der Waals surface area contributed by atoms with Crippen molar-refractivity contribution in [3.63, 3.8) is 0 Å². The molecule has 0 saturated heterocycles. The molecule has 0 radical (unpaired) electrons. The summed E-state index contributed by atoms with van der Waals surface area (Å²) in [5.74, 6) is 0.490. The number of hydrogen-bond donors (Lipinski definition) is 4. The molecular formula is C21H20N4O2S. The standard InChI is InChI=1S/C21H20N4O2S/c1-13-4-6-14(7-5-13)22-10-11-23-21(27)15-8-9-16(26)19-18(15)24-20(25-19)17-3-2-12-28-17/h2-9,12,22,26H,10-11H2,1H3,(H,23,27)(H,24,25). The first kappa shape index (κ1) is 18.1. The average molecular weight is 392 g/mol. The number of rotatable bonds is 6. The first-order valence-electron chi connectivity index (χ1n) is 8.96. The summed E-state index contributed by atoms with van der Waals surface area (Å²) in [6, 6.07) is 15.1. The van der Waals surface area contributed by atoms with Crippen LogP contribution < -0.4 is 10.6 Å². The Balaban J connectivity index is 1.46. The summed E-state index contributed by atoms with van der Waals surface area (Å²) in [5, 5.41) is 18.3. The highest BCUT2D eigenvalue weighted by molar-refractivity contribution is 7.13. The number of phenolic OH excluding ortho intramolecular Hbond substituents is 1. The molecule has 0 atom stereocenters. The van der Waals surface area contributed by atoms with Gasteiger partial charge in [-0.15, -0.1) is 11.3 Å². The van der Waals surface area contributed by atoms with E-state index in [1.165, 1.54) is 11.6 Å². The normalized spacial score (nSPS) is 10.9. The molecule has 0 bridgehead atoms. The van der Waals surface area contributed by atoms with Gasteiger partial charge >= 0.3 is 0 Å². The highest BCUT2D eigenvalue weighted by Gasteiger charge is 2.17. The topological polar surface area (TPSA) is 90.0 Å². The van der Waals surface area contributed by atoms with E-state index in [0.717, 1.165) is 10.6 Å². The summed E-state index contributed by atoms with van der Waals surface area (Å²) in [6.45, 7) is 3.12. The van der Waals surface area contributed by atoms with Crippen LogP contribution in [0.3, 0.4) is 0 Å². The Hall–Kier alpha value is -3.32. The number of amides is 1. The number of anilines is 1. The molecule has 142 valence electrons. The van der Waals surface area contributed by atoms with Crippen LogP contribution in [0.5, 0.6) is 5.75 Å². The maximum atomic E-state index is 12.6. The largest absolute Gasteiger partial charge is 0.506 e. The van der Waals surface area contributed by atoms with Gasteiger partial charge in [0.25, 0.3) is 5.91 Å². The highest BCUT2D eigenvalue weighted by atomic mass is 32.1. The summed E-state index contributed by atoms with van der Waals surface area (Å²) < 4.78 is 0. The quantitative estimate of drug-likeness (QED) is 0.371. The average Bonchev–Trinajstić information content (AvgIpc) is 3.37. The molecule has 0 aliphatic heterocycles. The molecule has 4 rings (SSSR count). The lowest BCUT2D eigenvalue weighted by molar-refractivity contribution is 0.0956. The number of H-pyrrole nitrogens is 1. The number of nitrogens with zero attached hydrogens (tertiary/aromatic N) is 1. The van der Waals surface area contributed by atoms with Gasteiger partial charge in [0.2, 0.25) is 0 Å². The summed E-state index contributed by atoms with van der Waals surface area (Å²) >= 11 is 1.54. The van der Waals surface area contributed by atoms with Gasteiger partial charge in [0.05, 0.1) is 10.4 Å². The van der Waals surface area contributed by atoms with Gasteiger partial charge in [-0.2, -0.15) is 0 Å². The zero-order valence-electron chi connectivity index (χ0n) is 15.3. The maximum absolute atomic E-state index is 12.6. The number of hydrogen-bond acceptors (Lipinski definition) is 5. The molecule has 0 fully saturated rings. The summed E-state index contributed by atoms with van der Waals surface area (Å²) in [6.07, 6.45) is 0. The fraction of sp³-hybridized carbons (Fsp3) is 0.143. The van der Waals surface area contributed by atoms with Crippen LogP contribution in [0.2, 0.25) is 0 Å². The molecule has 2 heterocycles. The monoisotopic (exact) mass is 392 g/mol. The van der Waals surface area contributed by atoms with Crippen LogP contribution in [0.15, 0.2) is 53.9 Å². The Morgan fingerprint density at radius 2 is 1.96 bits per heavy atom. The minimum absolute atomic E-state index is 0.0721. The second-order valence-electron chi connectivity index (χ2n) is 6.47. The molecule has 4 N–H and O–H groups in total. The number of fused-ring (bicyclic) bond motifs is 1. The molecule has 0 aliphatic rings. The van der Waals surface area contributed by atoms with Gasteiger partial charge in [-0.05, 0) is 42.6 Å². The minimum Gasteiger partial charge on any atom is -0.506 e. The third-order valence-electron chi connectivity index (χ3n) is 4.41. The predicted octanol–water partition coefficient (Wildman–Crippen LogP) is 4.15. The van der Waals surface area contributed by atoms with Crippen LogP contribution in [0.4, 0.5) is 5.69 Å². The molecule has 1 amide bonds. The number of carbonyl (C=O) groups excluding carboxylic acids is 1. The van der Waals surface area contributed by atoms with Crippen molar-refractivity contribution in [1.82, 2.24) is 15.3 Å². The highest BCUT2D eigenvalue weighted by Crippen LogP contribution is 2.30. The Kier molecular flexibility index (Phi) is 4.99. The van der Waals surface area contributed by atoms with Crippen LogP contribution in [0, 0.1) is 6.92 Å². The van der Waals surface area contributed by atoms with Gasteiger partial charge in [-0.1, -0.05) is 23.8 Å². The molecule has 0 unspecified atom stereocenters. The van der Waals surface area contributed by atoms with Crippen molar-refractivity contribution in [1.29, 1.82) is 0 Å². The molecule has 0 aliphatic carbocycles. The summed E-state index contributed by atoms with van der Waals surface area (Å²) in [5.41, 5.74) is 3.58. The first-order valence-corrected chi connectivity index (χ1v) is 9.84.